The standard InChI is InChI=1S/C12H15NO/c14-12-7-8-13-10-4-2-1-3-9(10)5-6-11(12)13/h1-4,11-12,14H,5-8H2. The molecule has 0 bridgehead atoms. The van der Waals surface area contributed by atoms with Crippen LogP contribution in [0, 0.1) is 0 Å². The van der Waals surface area contributed by atoms with E-state index >= 15 is 0 Å². The second-order valence-corrected chi connectivity index (χ2v) is 4.28. The van der Waals surface area contributed by atoms with E-state index in [-0.39, 0.29) is 6.10 Å². The summed E-state index contributed by atoms with van der Waals surface area (Å²) in [6.45, 7) is 1.02. The number of hydrogen-bond acceptors (Lipinski definition) is 2. The molecule has 2 atom stereocenters. The lowest BCUT2D eigenvalue weighted by Crippen LogP contribution is -2.38. The minimum absolute atomic E-state index is 0.108. The van der Waals surface area contributed by atoms with E-state index < -0.39 is 0 Å². The molecule has 2 unspecified atom stereocenters. The van der Waals surface area contributed by atoms with Gasteiger partial charge in [0.05, 0.1) is 12.1 Å². The maximum Gasteiger partial charge on any atom is 0.0760 e. The molecule has 0 saturated carbocycles. The van der Waals surface area contributed by atoms with E-state index in [1.807, 2.05) is 0 Å². The summed E-state index contributed by atoms with van der Waals surface area (Å²) in [5.74, 6) is 0. The fourth-order valence-corrected chi connectivity index (χ4v) is 2.79. The van der Waals surface area contributed by atoms with Crippen molar-refractivity contribution in [2.45, 2.75) is 31.4 Å². The summed E-state index contributed by atoms with van der Waals surface area (Å²) in [5, 5.41) is 9.81. The van der Waals surface area contributed by atoms with Gasteiger partial charge in [0.15, 0.2) is 0 Å². The summed E-state index contributed by atoms with van der Waals surface area (Å²) >= 11 is 0. The van der Waals surface area contributed by atoms with Crippen molar-refractivity contribution in [3.63, 3.8) is 0 Å². The largest absolute Gasteiger partial charge is 0.391 e. The molecular formula is C12H15NO. The number of benzene rings is 1. The van der Waals surface area contributed by atoms with Gasteiger partial charge in [0, 0.05) is 12.2 Å². The number of aryl methyl sites for hydroxylation is 1. The molecule has 3 rings (SSSR count). The van der Waals surface area contributed by atoms with E-state index in [0.29, 0.717) is 6.04 Å². The number of fused-ring (bicyclic) bond motifs is 3. The average Bonchev–Trinajstić information content (AvgIpc) is 2.61. The summed E-state index contributed by atoms with van der Waals surface area (Å²) in [7, 11) is 0. The maximum absolute atomic E-state index is 9.81. The van der Waals surface area contributed by atoms with Crippen LogP contribution in [0.3, 0.4) is 0 Å². The van der Waals surface area contributed by atoms with Gasteiger partial charge >= 0.3 is 0 Å². The van der Waals surface area contributed by atoms with E-state index in [4.69, 9.17) is 0 Å². The molecule has 1 aromatic carbocycles. The molecule has 2 aliphatic heterocycles. The van der Waals surface area contributed by atoms with Crippen molar-refractivity contribution in [3.8, 4) is 0 Å². The van der Waals surface area contributed by atoms with E-state index in [2.05, 4.69) is 29.2 Å². The molecule has 0 radical (unpaired) electrons. The lowest BCUT2D eigenvalue weighted by Gasteiger charge is -2.34. The van der Waals surface area contributed by atoms with Gasteiger partial charge in [-0.15, -0.1) is 0 Å². The summed E-state index contributed by atoms with van der Waals surface area (Å²) in [6, 6.07) is 8.96. The number of aliphatic hydroxyl groups is 1. The highest BCUT2D eigenvalue weighted by atomic mass is 16.3. The zero-order valence-electron chi connectivity index (χ0n) is 8.19. The third kappa shape index (κ3) is 1.07. The van der Waals surface area contributed by atoms with Crippen molar-refractivity contribution in [2.24, 2.45) is 0 Å². The molecule has 1 aromatic rings. The fraction of sp³-hybridized carbons (Fsp3) is 0.500. The Morgan fingerprint density at radius 2 is 2.07 bits per heavy atom. The first-order valence-corrected chi connectivity index (χ1v) is 5.39. The second-order valence-electron chi connectivity index (χ2n) is 4.28. The van der Waals surface area contributed by atoms with Crippen LogP contribution in [-0.4, -0.2) is 23.8 Å². The summed E-state index contributed by atoms with van der Waals surface area (Å²) in [4.78, 5) is 2.38. The average molecular weight is 189 g/mol. The van der Waals surface area contributed by atoms with Crippen LogP contribution in [0.2, 0.25) is 0 Å². The predicted octanol–water partition coefficient (Wildman–Crippen LogP) is 1.57. The summed E-state index contributed by atoms with van der Waals surface area (Å²) in [5.41, 5.74) is 2.79. The van der Waals surface area contributed by atoms with E-state index in [1.54, 1.807) is 0 Å². The number of nitrogens with zero attached hydrogens (tertiary/aromatic N) is 1. The third-order valence-electron chi connectivity index (χ3n) is 3.52. The Hall–Kier alpha value is -1.02. The van der Waals surface area contributed by atoms with Crippen molar-refractivity contribution in [1.82, 2.24) is 0 Å². The molecule has 1 saturated heterocycles. The molecule has 2 aliphatic rings. The van der Waals surface area contributed by atoms with Gasteiger partial charge in [-0.3, -0.25) is 0 Å². The Labute approximate surface area is 84.2 Å². The highest BCUT2D eigenvalue weighted by molar-refractivity contribution is 5.57. The smallest absolute Gasteiger partial charge is 0.0760 e. The van der Waals surface area contributed by atoms with Crippen LogP contribution in [0.5, 0.6) is 0 Å². The molecule has 2 heterocycles. The number of para-hydroxylation sites is 1. The number of hydrogen-bond donors (Lipinski definition) is 1. The minimum Gasteiger partial charge on any atom is -0.391 e. The second kappa shape index (κ2) is 2.99. The maximum atomic E-state index is 9.81. The lowest BCUT2D eigenvalue weighted by atomic mass is 9.95. The minimum atomic E-state index is -0.108. The van der Waals surface area contributed by atoms with Gasteiger partial charge in [0.2, 0.25) is 0 Å². The van der Waals surface area contributed by atoms with Gasteiger partial charge in [0.25, 0.3) is 0 Å². The highest BCUT2D eigenvalue weighted by Gasteiger charge is 2.36. The SMILES string of the molecule is OC1CCN2c3ccccc3CCC12. The van der Waals surface area contributed by atoms with Gasteiger partial charge in [-0.05, 0) is 30.9 Å². The molecule has 1 fully saturated rings. The topological polar surface area (TPSA) is 23.5 Å². The molecule has 0 aromatic heterocycles. The van der Waals surface area contributed by atoms with Crippen LogP contribution in [0.25, 0.3) is 0 Å². The first kappa shape index (κ1) is 8.30. The van der Waals surface area contributed by atoms with E-state index in [1.165, 1.54) is 11.3 Å². The van der Waals surface area contributed by atoms with E-state index in [9.17, 15) is 5.11 Å². The van der Waals surface area contributed by atoms with Gasteiger partial charge in [-0.1, -0.05) is 18.2 Å². The zero-order valence-corrected chi connectivity index (χ0v) is 8.19. The Balaban J connectivity index is 2.03. The van der Waals surface area contributed by atoms with Gasteiger partial charge in [-0.2, -0.15) is 0 Å². The van der Waals surface area contributed by atoms with Crippen LogP contribution in [0.1, 0.15) is 18.4 Å². The van der Waals surface area contributed by atoms with Crippen LogP contribution < -0.4 is 4.90 Å². The lowest BCUT2D eigenvalue weighted by molar-refractivity contribution is 0.159. The van der Waals surface area contributed by atoms with Crippen LogP contribution >= 0.6 is 0 Å². The molecule has 2 nitrogen and oxygen atoms in total. The predicted molar refractivity (Wildman–Crippen MR) is 56.5 cm³/mol. The first-order valence-electron chi connectivity index (χ1n) is 5.39. The molecule has 74 valence electrons. The van der Waals surface area contributed by atoms with Gasteiger partial charge < -0.3 is 10.0 Å². The van der Waals surface area contributed by atoms with Crippen LogP contribution in [0.15, 0.2) is 24.3 Å². The third-order valence-corrected chi connectivity index (χ3v) is 3.52. The van der Waals surface area contributed by atoms with Crippen molar-refractivity contribution in [1.29, 1.82) is 0 Å². The van der Waals surface area contributed by atoms with E-state index in [0.717, 1.165) is 25.8 Å². The fourth-order valence-electron chi connectivity index (χ4n) is 2.79. The van der Waals surface area contributed by atoms with Crippen LogP contribution in [0.4, 0.5) is 5.69 Å². The van der Waals surface area contributed by atoms with Gasteiger partial charge in [0.1, 0.15) is 0 Å². The summed E-state index contributed by atoms with van der Waals surface area (Å²) < 4.78 is 0. The quantitative estimate of drug-likeness (QED) is 0.669. The van der Waals surface area contributed by atoms with Crippen molar-refractivity contribution < 1.29 is 5.11 Å². The normalized spacial score (nSPS) is 29.9. The number of aliphatic hydroxyl groups excluding tert-OH is 1. The Morgan fingerprint density at radius 1 is 1.21 bits per heavy atom. The molecule has 0 aliphatic carbocycles. The van der Waals surface area contributed by atoms with Crippen molar-refractivity contribution in [3.05, 3.63) is 29.8 Å². The van der Waals surface area contributed by atoms with Crippen molar-refractivity contribution >= 4 is 5.69 Å². The Kier molecular flexibility index (Phi) is 1.77. The monoisotopic (exact) mass is 189 g/mol. The van der Waals surface area contributed by atoms with Crippen molar-refractivity contribution in [2.75, 3.05) is 11.4 Å². The molecule has 14 heavy (non-hydrogen) atoms. The zero-order chi connectivity index (χ0) is 9.54. The molecule has 2 heteroatoms. The first-order chi connectivity index (χ1) is 6.86. The Morgan fingerprint density at radius 3 is 3.00 bits per heavy atom. The molecule has 1 N–H and O–H groups in total. The summed E-state index contributed by atoms with van der Waals surface area (Å²) in [6.07, 6.45) is 3.05. The molecular weight excluding hydrogens is 174 g/mol. The number of rotatable bonds is 0. The van der Waals surface area contributed by atoms with Gasteiger partial charge in [-0.25, -0.2) is 0 Å². The van der Waals surface area contributed by atoms with Crippen LogP contribution in [-0.2, 0) is 6.42 Å². The number of anilines is 1. The molecule has 0 spiro atoms. The Bertz CT molecular complexity index is 350. The molecule has 0 amide bonds. The highest BCUT2D eigenvalue weighted by Crippen LogP contribution is 2.35.